The molecule has 0 fully saturated rings. The molecule has 3 rings (SSSR count). The minimum atomic E-state index is -0.839. The molecule has 0 saturated carbocycles. The molecule has 2 aromatic carbocycles. The maximum Gasteiger partial charge on any atom is 0.159 e. The van der Waals surface area contributed by atoms with Crippen LogP contribution in [0.15, 0.2) is 36.4 Å². The molecular weight excluding hydrogens is 260 g/mol. The lowest BCUT2D eigenvalue weighted by atomic mass is 9.91. The van der Waals surface area contributed by atoms with E-state index >= 15 is 0 Å². The van der Waals surface area contributed by atoms with Gasteiger partial charge in [0.2, 0.25) is 0 Å². The van der Waals surface area contributed by atoms with Crippen LogP contribution < -0.4 is 5.32 Å². The number of anilines is 1. The highest BCUT2D eigenvalue weighted by Crippen LogP contribution is 2.37. The molecule has 0 atom stereocenters. The first-order valence-electron chi connectivity index (χ1n) is 6.45. The van der Waals surface area contributed by atoms with Crippen molar-refractivity contribution in [3.8, 4) is 11.1 Å². The van der Waals surface area contributed by atoms with E-state index in [2.05, 4.69) is 5.32 Å². The SMILES string of the molecule is CC1(C)OCNc2ccc(-c3ccc(F)c(F)c3)cc21. The average molecular weight is 275 g/mol. The van der Waals surface area contributed by atoms with Crippen molar-refractivity contribution in [2.24, 2.45) is 0 Å². The number of nitrogens with one attached hydrogen (secondary N) is 1. The summed E-state index contributed by atoms with van der Waals surface area (Å²) in [6, 6.07) is 9.71. The Balaban J connectivity index is 2.10. The van der Waals surface area contributed by atoms with Crippen molar-refractivity contribution in [1.82, 2.24) is 0 Å². The molecule has 2 nitrogen and oxygen atoms in total. The predicted molar refractivity (Wildman–Crippen MR) is 74.4 cm³/mol. The highest BCUT2D eigenvalue weighted by Gasteiger charge is 2.28. The Morgan fingerprint density at radius 1 is 1.00 bits per heavy atom. The molecule has 0 saturated heterocycles. The van der Waals surface area contributed by atoms with Crippen molar-refractivity contribution < 1.29 is 13.5 Å². The largest absolute Gasteiger partial charge is 0.362 e. The summed E-state index contributed by atoms with van der Waals surface area (Å²) in [5.41, 5.74) is 3.09. The second-order valence-electron chi connectivity index (χ2n) is 5.37. The van der Waals surface area contributed by atoms with Gasteiger partial charge in [-0.3, -0.25) is 0 Å². The lowest BCUT2D eigenvalue weighted by molar-refractivity contribution is -0.0178. The van der Waals surface area contributed by atoms with Crippen molar-refractivity contribution in [3.05, 3.63) is 53.6 Å². The van der Waals surface area contributed by atoms with Crippen LogP contribution >= 0.6 is 0 Å². The molecule has 4 heteroatoms. The van der Waals surface area contributed by atoms with Crippen LogP contribution in [-0.2, 0) is 10.3 Å². The summed E-state index contributed by atoms with van der Waals surface area (Å²) in [7, 11) is 0. The van der Waals surface area contributed by atoms with E-state index in [1.807, 2.05) is 32.0 Å². The summed E-state index contributed by atoms with van der Waals surface area (Å²) in [6.45, 7) is 4.44. The summed E-state index contributed by atoms with van der Waals surface area (Å²) < 4.78 is 32.0. The number of rotatable bonds is 1. The highest BCUT2D eigenvalue weighted by molar-refractivity contribution is 5.70. The summed E-state index contributed by atoms with van der Waals surface area (Å²) in [5.74, 6) is -1.68. The number of hydrogen-bond donors (Lipinski definition) is 1. The molecule has 2 aromatic rings. The van der Waals surface area contributed by atoms with Crippen molar-refractivity contribution >= 4 is 5.69 Å². The maximum atomic E-state index is 13.3. The van der Waals surface area contributed by atoms with Gasteiger partial charge in [0.15, 0.2) is 11.6 Å². The fraction of sp³-hybridized carbons (Fsp3) is 0.250. The van der Waals surface area contributed by atoms with Crippen LogP contribution in [0.2, 0.25) is 0 Å². The van der Waals surface area contributed by atoms with Crippen molar-refractivity contribution in [1.29, 1.82) is 0 Å². The van der Waals surface area contributed by atoms with Gasteiger partial charge in [0.25, 0.3) is 0 Å². The van der Waals surface area contributed by atoms with Crippen LogP contribution in [0.25, 0.3) is 11.1 Å². The zero-order valence-electron chi connectivity index (χ0n) is 11.3. The summed E-state index contributed by atoms with van der Waals surface area (Å²) in [4.78, 5) is 0. The fourth-order valence-corrected chi connectivity index (χ4v) is 2.42. The van der Waals surface area contributed by atoms with Crippen LogP contribution in [0.3, 0.4) is 0 Å². The first kappa shape index (κ1) is 13.1. The lowest BCUT2D eigenvalue weighted by Gasteiger charge is -2.33. The Hall–Kier alpha value is -1.94. The Morgan fingerprint density at radius 2 is 1.70 bits per heavy atom. The molecule has 1 heterocycles. The molecule has 1 N–H and O–H groups in total. The van der Waals surface area contributed by atoms with Crippen molar-refractivity contribution in [2.75, 3.05) is 12.0 Å². The first-order valence-corrected chi connectivity index (χ1v) is 6.45. The Labute approximate surface area is 116 Å². The molecule has 1 aliphatic heterocycles. The molecule has 0 aromatic heterocycles. The van der Waals surface area contributed by atoms with E-state index in [1.165, 1.54) is 6.07 Å². The first-order chi connectivity index (χ1) is 9.47. The third-order valence-electron chi connectivity index (χ3n) is 3.62. The van der Waals surface area contributed by atoms with Crippen LogP contribution in [-0.4, -0.2) is 6.73 Å². The quantitative estimate of drug-likeness (QED) is 0.839. The third-order valence-corrected chi connectivity index (χ3v) is 3.62. The molecule has 0 aliphatic carbocycles. The monoisotopic (exact) mass is 275 g/mol. The zero-order valence-corrected chi connectivity index (χ0v) is 11.3. The van der Waals surface area contributed by atoms with E-state index < -0.39 is 17.2 Å². The van der Waals surface area contributed by atoms with Crippen molar-refractivity contribution in [2.45, 2.75) is 19.4 Å². The zero-order chi connectivity index (χ0) is 14.3. The molecule has 0 amide bonds. The number of halogens is 2. The van der Waals surface area contributed by atoms with Crippen LogP contribution in [0, 0.1) is 11.6 Å². The second-order valence-corrected chi connectivity index (χ2v) is 5.37. The van der Waals surface area contributed by atoms with Crippen LogP contribution in [0.5, 0.6) is 0 Å². The van der Waals surface area contributed by atoms with E-state index in [4.69, 9.17) is 4.74 Å². The second kappa shape index (κ2) is 4.56. The fourth-order valence-electron chi connectivity index (χ4n) is 2.42. The molecule has 0 spiro atoms. The minimum Gasteiger partial charge on any atom is -0.362 e. The Kier molecular flexibility index (Phi) is 2.98. The van der Waals surface area contributed by atoms with Gasteiger partial charge >= 0.3 is 0 Å². The summed E-state index contributed by atoms with van der Waals surface area (Å²) >= 11 is 0. The molecule has 0 unspecified atom stereocenters. The molecule has 0 bridgehead atoms. The van der Waals surface area contributed by atoms with E-state index in [9.17, 15) is 8.78 Å². The van der Waals surface area contributed by atoms with Gasteiger partial charge in [-0.05, 0) is 49.2 Å². The van der Waals surface area contributed by atoms with Crippen LogP contribution in [0.1, 0.15) is 19.4 Å². The molecule has 0 radical (unpaired) electrons. The summed E-state index contributed by atoms with van der Waals surface area (Å²) in [5, 5.41) is 3.16. The highest BCUT2D eigenvalue weighted by atomic mass is 19.2. The van der Waals surface area contributed by atoms with Gasteiger partial charge in [-0.15, -0.1) is 0 Å². The molecule has 20 heavy (non-hydrogen) atoms. The van der Waals surface area contributed by atoms with Gasteiger partial charge in [0.05, 0.1) is 5.60 Å². The smallest absolute Gasteiger partial charge is 0.159 e. The average Bonchev–Trinajstić information content (AvgIpc) is 2.41. The number of fused-ring (bicyclic) bond motifs is 1. The Bertz CT molecular complexity index is 668. The van der Waals surface area contributed by atoms with Crippen LogP contribution in [0.4, 0.5) is 14.5 Å². The standard InChI is InChI=1S/C16H15F2NO/c1-16(2)12-7-10(4-6-15(12)19-9-20-16)11-3-5-13(17)14(18)8-11/h3-8,19H,9H2,1-2H3. The molecule has 1 aliphatic rings. The minimum absolute atomic E-state index is 0.408. The van der Waals surface area contributed by atoms with E-state index in [0.29, 0.717) is 12.3 Å². The summed E-state index contributed by atoms with van der Waals surface area (Å²) in [6.07, 6.45) is 0. The third kappa shape index (κ3) is 2.16. The lowest BCUT2D eigenvalue weighted by Crippen LogP contribution is -2.31. The van der Waals surface area contributed by atoms with Gasteiger partial charge in [0, 0.05) is 11.3 Å². The molecular formula is C16H15F2NO. The van der Waals surface area contributed by atoms with Gasteiger partial charge in [-0.1, -0.05) is 12.1 Å². The van der Waals surface area contributed by atoms with Gasteiger partial charge in [-0.2, -0.15) is 0 Å². The maximum absolute atomic E-state index is 13.3. The van der Waals surface area contributed by atoms with Crippen molar-refractivity contribution in [3.63, 3.8) is 0 Å². The topological polar surface area (TPSA) is 21.3 Å². The van der Waals surface area contributed by atoms with Gasteiger partial charge < -0.3 is 10.1 Å². The predicted octanol–water partition coefficient (Wildman–Crippen LogP) is 4.27. The number of ether oxygens (including phenoxy) is 1. The number of benzene rings is 2. The normalized spacial score (nSPS) is 16.4. The Morgan fingerprint density at radius 3 is 2.45 bits per heavy atom. The van der Waals surface area contributed by atoms with E-state index in [0.717, 1.165) is 22.9 Å². The van der Waals surface area contributed by atoms with Gasteiger partial charge in [0.1, 0.15) is 6.73 Å². The van der Waals surface area contributed by atoms with E-state index in [-0.39, 0.29) is 0 Å². The van der Waals surface area contributed by atoms with E-state index in [1.54, 1.807) is 6.07 Å². The number of hydrogen-bond acceptors (Lipinski definition) is 2. The van der Waals surface area contributed by atoms with Gasteiger partial charge in [-0.25, -0.2) is 8.78 Å². The molecule has 104 valence electrons.